The average Bonchev–Trinajstić information content (AvgIpc) is 2.40. The molecular formula is C14H12Br2O2. The van der Waals surface area contributed by atoms with Crippen molar-refractivity contribution in [1.29, 1.82) is 0 Å². The predicted octanol–water partition coefficient (Wildman–Crippen LogP) is 4.90. The second-order valence-corrected chi connectivity index (χ2v) is 5.23. The average molecular weight is 372 g/mol. The molecule has 0 aromatic heterocycles. The van der Waals surface area contributed by atoms with Gasteiger partial charge in [-0.05, 0) is 44.0 Å². The van der Waals surface area contributed by atoms with Crippen molar-refractivity contribution in [2.75, 3.05) is 14.2 Å². The fourth-order valence-corrected chi connectivity index (χ4v) is 3.03. The Balaban J connectivity index is 2.62. The van der Waals surface area contributed by atoms with Crippen LogP contribution in [-0.2, 0) is 0 Å². The van der Waals surface area contributed by atoms with Crippen LogP contribution in [0.4, 0.5) is 0 Å². The van der Waals surface area contributed by atoms with Crippen LogP contribution < -0.4 is 9.47 Å². The summed E-state index contributed by atoms with van der Waals surface area (Å²) in [7, 11) is 3.31. The van der Waals surface area contributed by atoms with Gasteiger partial charge in [0.05, 0.1) is 23.2 Å². The highest BCUT2D eigenvalue weighted by atomic mass is 79.9. The van der Waals surface area contributed by atoms with E-state index >= 15 is 0 Å². The molecule has 0 heterocycles. The van der Waals surface area contributed by atoms with Gasteiger partial charge in [0.25, 0.3) is 0 Å². The van der Waals surface area contributed by atoms with Crippen molar-refractivity contribution >= 4 is 31.9 Å². The van der Waals surface area contributed by atoms with Gasteiger partial charge in [-0.3, -0.25) is 0 Å². The highest BCUT2D eigenvalue weighted by Crippen LogP contribution is 2.41. The molecule has 94 valence electrons. The quantitative estimate of drug-likeness (QED) is 0.764. The number of rotatable bonds is 3. The van der Waals surface area contributed by atoms with Gasteiger partial charge in [-0.15, -0.1) is 0 Å². The zero-order chi connectivity index (χ0) is 13.1. The molecule has 2 aromatic carbocycles. The summed E-state index contributed by atoms with van der Waals surface area (Å²) < 4.78 is 12.5. The molecule has 2 aromatic rings. The zero-order valence-electron chi connectivity index (χ0n) is 10.0. The van der Waals surface area contributed by atoms with E-state index in [-0.39, 0.29) is 0 Å². The summed E-state index contributed by atoms with van der Waals surface area (Å²) >= 11 is 7.14. The SMILES string of the molecule is COc1cccc(-c2cccc(OC)c2Br)c1Br. The van der Waals surface area contributed by atoms with Crippen LogP contribution in [0.1, 0.15) is 0 Å². The number of halogens is 2. The summed E-state index contributed by atoms with van der Waals surface area (Å²) in [5.74, 6) is 1.62. The highest BCUT2D eigenvalue weighted by molar-refractivity contribution is 9.11. The lowest BCUT2D eigenvalue weighted by Gasteiger charge is -2.12. The van der Waals surface area contributed by atoms with E-state index in [1.54, 1.807) is 14.2 Å². The molecule has 0 saturated carbocycles. The second kappa shape index (κ2) is 5.76. The first-order valence-corrected chi connectivity index (χ1v) is 6.93. The van der Waals surface area contributed by atoms with E-state index in [0.29, 0.717) is 0 Å². The maximum atomic E-state index is 5.31. The molecule has 0 fully saturated rings. The van der Waals surface area contributed by atoms with Crippen LogP contribution >= 0.6 is 31.9 Å². The molecule has 0 aliphatic rings. The van der Waals surface area contributed by atoms with E-state index in [9.17, 15) is 0 Å². The predicted molar refractivity (Wildman–Crippen MR) is 80.4 cm³/mol. The molecule has 0 radical (unpaired) electrons. The number of hydrogen-bond acceptors (Lipinski definition) is 2. The van der Waals surface area contributed by atoms with Gasteiger partial charge in [0.15, 0.2) is 0 Å². The molecule has 0 aliphatic heterocycles. The van der Waals surface area contributed by atoms with Crippen LogP contribution in [0.3, 0.4) is 0 Å². The minimum absolute atomic E-state index is 0.808. The Morgan fingerprint density at radius 3 is 1.44 bits per heavy atom. The normalized spacial score (nSPS) is 10.2. The summed E-state index contributed by atoms with van der Waals surface area (Å²) in [6.45, 7) is 0. The molecule has 0 bridgehead atoms. The minimum Gasteiger partial charge on any atom is -0.496 e. The molecule has 4 heteroatoms. The molecule has 0 spiro atoms. The summed E-state index contributed by atoms with van der Waals surface area (Å²) in [5, 5.41) is 0. The Kier molecular flexibility index (Phi) is 4.30. The summed E-state index contributed by atoms with van der Waals surface area (Å²) in [5.41, 5.74) is 2.11. The Labute approximate surface area is 123 Å². The molecule has 0 atom stereocenters. The van der Waals surface area contributed by atoms with Crippen molar-refractivity contribution in [3.8, 4) is 22.6 Å². The topological polar surface area (TPSA) is 18.5 Å². The summed E-state index contributed by atoms with van der Waals surface area (Å²) in [6, 6.07) is 11.8. The standard InChI is InChI=1S/C14H12Br2O2/c1-17-11-7-3-5-9(13(11)15)10-6-4-8-12(18-2)14(10)16/h3-8H,1-2H3. The maximum Gasteiger partial charge on any atom is 0.133 e. The van der Waals surface area contributed by atoms with Crippen LogP contribution in [-0.4, -0.2) is 14.2 Å². The van der Waals surface area contributed by atoms with Gasteiger partial charge in [0.1, 0.15) is 11.5 Å². The van der Waals surface area contributed by atoms with Gasteiger partial charge >= 0.3 is 0 Å². The van der Waals surface area contributed by atoms with E-state index in [4.69, 9.17) is 9.47 Å². The second-order valence-electron chi connectivity index (χ2n) is 3.64. The third-order valence-corrected chi connectivity index (χ3v) is 4.29. The van der Waals surface area contributed by atoms with Crippen molar-refractivity contribution in [2.24, 2.45) is 0 Å². The first-order chi connectivity index (χ1) is 8.69. The fraction of sp³-hybridized carbons (Fsp3) is 0.143. The van der Waals surface area contributed by atoms with Gasteiger partial charge in [-0.25, -0.2) is 0 Å². The molecule has 0 N–H and O–H groups in total. The summed E-state index contributed by atoms with van der Waals surface area (Å²) in [6.07, 6.45) is 0. The largest absolute Gasteiger partial charge is 0.496 e. The van der Waals surface area contributed by atoms with Crippen molar-refractivity contribution < 1.29 is 9.47 Å². The molecule has 18 heavy (non-hydrogen) atoms. The van der Waals surface area contributed by atoms with Crippen molar-refractivity contribution in [1.82, 2.24) is 0 Å². The number of ether oxygens (including phenoxy) is 2. The van der Waals surface area contributed by atoms with E-state index in [0.717, 1.165) is 31.6 Å². The Morgan fingerprint density at radius 1 is 0.722 bits per heavy atom. The summed E-state index contributed by atoms with van der Waals surface area (Å²) in [4.78, 5) is 0. The van der Waals surface area contributed by atoms with E-state index in [1.165, 1.54) is 0 Å². The van der Waals surface area contributed by atoms with E-state index in [2.05, 4.69) is 31.9 Å². The van der Waals surface area contributed by atoms with Gasteiger partial charge < -0.3 is 9.47 Å². The van der Waals surface area contributed by atoms with E-state index in [1.807, 2.05) is 36.4 Å². The lowest BCUT2D eigenvalue weighted by atomic mass is 10.1. The number of methoxy groups -OCH3 is 2. The third-order valence-electron chi connectivity index (χ3n) is 2.66. The van der Waals surface area contributed by atoms with Gasteiger partial charge in [-0.2, -0.15) is 0 Å². The Morgan fingerprint density at radius 2 is 1.11 bits per heavy atom. The first-order valence-electron chi connectivity index (χ1n) is 5.34. The molecule has 0 unspecified atom stereocenters. The smallest absolute Gasteiger partial charge is 0.133 e. The third kappa shape index (κ3) is 2.40. The zero-order valence-corrected chi connectivity index (χ0v) is 13.2. The van der Waals surface area contributed by atoms with Crippen LogP contribution in [0.15, 0.2) is 45.3 Å². The number of benzene rings is 2. The Bertz CT molecular complexity index is 516. The van der Waals surface area contributed by atoms with Crippen molar-refractivity contribution in [2.45, 2.75) is 0 Å². The minimum atomic E-state index is 0.808. The molecule has 0 aliphatic carbocycles. The van der Waals surface area contributed by atoms with Crippen LogP contribution in [0, 0.1) is 0 Å². The van der Waals surface area contributed by atoms with Crippen molar-refractivity contribution in [3.63, 3.8) is 0 Å². The molecule has 0 amide bonds. The first kappa shape index (κ1) is 13.4. The maximum absolute atomic E-state index is 5.31. The van der Waals surface area contributed by atoms with Crippen molar-refractivity contribution in [3.05, 3.63) is 45.3 Å². The number of hydrogen-bond donors (Lipinski definition) is 0. The fourth-order valence-electron chi connectivity index (χ4n) is 1.75. The van der Waals surface area contributed by atoms with Crippen LogP contribution in [0.2, 0.25) is 0 Å². The highest BCUT2D eigenvalue weighted by Gasteiger charge is 2.13. The van der Waals surface area contributed by atoms with Crippen LogP contribution in [0.5, 0.6) is 11.5 Å². The monoisotopic (exact) mass is 370 g/mol. The van der Waals surface area contributed by atoms with Crippen LogP contribution in [0.25, 0.3) is 11.1 Å². The van der Waals surface area contributed by atoms with Gasteiger partial charge in [0.2, 0.25) is 0 Å². The van der Waals surface area contributed by atoms with Gasteiger partial charge in [-0.1, -0.05) is 24.3 Å². The Hall–Kier alpha value is -1.00. The van der Waals surface area contributed by atoms with Gasteiger partial charge in [0, 0.05) is 11.1 Å². The molecule has 0 saturated heterocycles. The lowest BCUT2D eigenvalue weighted by Crippen LogP contribution is -1.90. The molecule has 2 rings (SSSR count). The molecular weight excluding hydrogens is 360 g/mol. The molecule has 2 nitrogen and oxygen atoms in total. The lowest BCUT2D eigenvalue weighted by molar-refractivity contribution is 0.411. The van der Waals surface area contributed by atoms with E-state index < -0.39 is 0 Å².